The van der Waals surface area contributed by atoms with Crippen molar-refractivity contribution in [2.45, 2.75) is 32.1 Å². The van der Waals surface area contributed by atoms with Crippen molar-refractivity contribution in [3.8, 4) is 0 Å². The van der Waals surface area contributed by atoms with E-state index in [0.29, 0.717) is 18.0 Å². The molecule has 1 amide bonds. The summed E-state index contributed by atoms with van der Waals surface area (Å²) in [6.07, 6.45) is 1.37. The quantitative estimate of drug-likeness (QED) is 0.732. The fourth-order valence-electron chi connectivity index (χ4n) is 2.28. The van der Waals surface area contributed by atoms with Crippen LogP contribution in [0.3, 0.4) is 0 Å². The van der Waals surface area contributed by atoms with Crippen molar-refractivity contribution in [1.29, 1.82) is 0 Å². The number of hydrogen-bond acceptors (Lipinski definition) is 2. The van der Waals surface area contributed by atoms with Gasteiger partial charge >= 0.3 is 6.09 Å². The van der Waals surface area contributed by atoms with Gasteiger partial charge in [0, 0.05) is 17.7 Å². The first-order chi connectivity index (χ1) is 8.08. The molecular weight excluding hydrogens is 218 g/mol. The minimum absolute atomic E-state index is 0.159. The Morgan fingerprint density at radius 1 is 1.47 bits per heavy atom. The lowest BCUT2D eigenvalue weighted by Gasteiger charge is -2.13. The van der Waals surface area contributed by atoms with Crippen molar-refractivity contribution in [2.75, 3.05) is 5.32 Å². The van der Waals surface area contributed by atoms with Gasteiger partial charge in [-0.25, -0.2) is 4.79 Å². The number of fused-ring (bicyclic) bond motifs is 1. The number of Topliss-reactive ketones (excluding diaryl/α,β-unsaturated/α-hetero) is 1. The van der Waals surface area contributed by atoms with Crippen LogP contribution in [0.1, 0.15) is 48.0 Å². The normalized spacial score (nSPS) is 19.4. The summed E-state index contributed by atoms with van der Waals surface area (Å²) >= 11 is 0. The maximum atomic E-state index is 11.8. The molecule has 1 atom stereocenters. The number of anilines is 1. The van der Waals surface area contributed by atoms with E-state index in [1.807, 2.05) is 0 Å². The second kappa shape index (κ2) is 4.57. The molecule has 1 unspecified atom stereocenters. The molecule has 0 bridgehead atoms. The molecular formula is C13H15NO3. The maximum Gasteiger partial charge on any atom is 0.409 e. The number of carbonyl (C=O) groups is 2. The van der Waals surface area contributed by atoms with Crippen LogP contribution in [0.25, 0.3) is 0 Å². The van der Waals surface area contributed by atoms with Gasteiger partial charge in [0.1, 0.15) is 0 Å². The van der Waals surface area contributed by atoms with Crippen LogP contribution in [0.5, 0.6) is 0 Å². The zero-order valence-electron chi connectivity index (χ0n) is 9.69. The van der Waals surface area contributed by atoms with Crippen molar-refractivity contribution < 1.29 is 14.7 Å². The van der Waals surface area contributed by atoms with Crippen LogP contribution in [0.4, 0.5) is 10.5 Å². The summed E-state index contributed by atoms with van der Waals surface area (Å²) in [5.41, 5.74) is 2.22. The summed E-state index contributed by atoms with van der Waals surface area (Å²) < 4.78 is 0. The third-order valence-corrected chi connectivity index (χ3v) is 3.18. The number of amides is 1. The highest BCUT2D eigenvalue weighted by atomic mass is 16.4. The number of hydrogen-bond donors (Lipinski definition) is 2. The summed E-state index contributed by atoms with van der Waals surface area (Å²) in [4.78, 5) is 22.4. The molecule has 4 heteroatoms. The predicted octanol–water partition coefficient (Wildman–Crippen LogP) is 3.25. The fourth-order valence-corrected chi connectivity index (χ4v) is 2.28. The van der Waals surface area contributed by atoms with Gasteiger partial charge in [0.25, 0.3) is 0 Å². The third kappa shape index (κ3) is 2.46. The van der Waals surface area contributed by atoms with Gasteiger partial charge in [-0.2, -0.15) is 0 Å². The van der Waals surface area contributed by atoms with Gasteiger partial charge in [-0.3, -0.25) is 10.1 Å². The number of nitrogens with one attached hydrogen (secondary N) is 1. The van der Waals surface area contributed by atoms with E-state index in [2.05, 4.69) is 12.2 Å². The second-order valence-electron chi connectivity index (χ2n) is 4.45. The lowest BCUT2D eigenvalue weighted by atomic mass is 9.93. The van der Waals surface area contributed by atoms with Crippen molar-refractivity contribution >= 4 is 17.6 Å². The van der Waals surface area contributed by atoms with Crippen molar-refractivity contribution in [3.05, 3.63) is 29.3 Å². The Hall–Kier alpha value is -1.84. The van der Waals surface area contributed by atoms with Crippen LogP contribution in [0, 0.1) is 0 Å². The number of carboxylic acid groups (broad SMARTS) is 1. The minimum Gasteiger partial charge on any atom is -0.465 e. The lowest BCUT2D eigenvalue weighted by Crippen LogP contribution is -2.09. The molecule has 0 aromatic heterocycles. The molecule has 0 aliphatic heterocycles. The lowest BCUT2D eigenvalue weighted by molar-refractivity contribution is 0.0982. The summed E-state index contributed by atoms with van der Waals surface area (Å²) in [6, 6.07) is 5.14. The Bertz CT molecular complexity index is 468. The van der Waals surface area contributed by atoms with Crippen molar-refractivity contribution in [2.24, 2.45) is 0 Å². The molecule has 1 aromatic carbocycles. The zero-order chi connectivity index (χ0) is 12.4. The zero-order valence-corrected chi connectivity index (χ0v) is 9.69. The molecule has 2 N–H and O–H groups in total. The smallest absolute Gasteiger partial charge is 0.409 e. The van der Waals surface area contributed by atoms with E-state index in [1.54, 1.807) is 18.2 Å². The van der Waals surface area contributed by atoms with Gasteiger partial charge < -0.3 is 5.11 Å². The van der Waals surface area contributed by atoms with Crippen LogP contribution in [0.2, 0.25) is 0 Å². The van der Waals surface area contributed by atoms with Crippen LogP contribution in [-0.2, 0) is 0 Å². The molecule has 0 spiro atoms. The number of rotatable bonds is 1. The Balaban J connectivity index is 2.41. The molecule has 0 heterocycles. The summed E-state index contributed by atoms with van der Waals surface area (Å²) in [5.74, 6) is 0.457. The summed E-state index contributed by atoms with van der Waals surface area (Å²) in [6.45, 7) is 2.07. The summed E-state index contributed by atoms with van der Waals surface area (Å²) in [5, 5.41) is 11.0. The molecule has 0 fully saturated rings. The SMILES string of the molecule is CC1CCCC(=O)c2ccc(NC(=O)O)cc21. The Labute approximate surface area is 99.6 Å². The molecule has 4 nitrogen and oxygen atoms in total. The standard InChI is InChI=1S/C13H15NO3/c1-8-3-2-4-12(15)10-6-5-9(7-11(8)10)14-13(16)17/h5-8,14H,2-4H2,1H3,(H,16,17). The first-order valence-corrected chi connectivity index (χ1v) is 5.75. The van der Waals surface area contributed by atoms with Gasteiger partial charge in [-0.15, -0.1) is 0 Å². The van der Waals surface area contributed by atoms with E-state index in [1.165, 1.54) is 0 Å². The number of ketones is 1. The van der Waals surface area contributed by atoms with Crippen molar-refractivity contribution in [3.63, 3.8) is 0 Å². The Morgan fingerprint density at radius 2 is 2.24 bits per heavy atom. The van der Waals surface area contributed by atoms with Crippen LogP contribution >= 0.6 is 0 Å². The number of carbonyl (C=O) groups excluding carboxylic acids is 1. The molecule has 1 aromatic rings. The molecule has 1 aliphatic carbocycles. The molecule has 17 heavy (non-hydrogen) atoms. The summed E-state index contributed by atoms with van der Waals surface area (Å²) in [7, 11) is 0. The minimum atomic E-state index is -1.09. The van der Waals surface area contributed by atoms with Crippen molar-refractivity contribution in [1.82, 2.24) is 0 Å². The molecule has 90 valence electrons. The monoisotopic (exact) mass is 233 g/mol. The maximum absolute atomic E-state index is 11.8. The highest BCUT2D eigenvalue weighted by Crippen LogP contribution is 2.31. The average Bonchev–Trinajstić information content (AvgIpc) is 2.39. The van der Waals surface area contributed by atoms with Gasteiger partial charge in [0.2, 0.25) is 0 Å². The van der Waals surface area contributed by atoms with Crippen LogP contribution < -0.4 is 5.32 Å². The predicted molar refractivity (Wildman–Crippen MR) is 64.7 cm³/mol. The topological polar surface area (TPSA) is 66.4 Å². The van der Waals surface area contributed by atoms with Gasteiger partial charge in [-0.05, 0) is 42.5 Å². The second-order valence-corrected chi connectivity index (χ2v) is 4.45. The largest absolute Gasteiger partial charge is 0.465 e. The third-order valence-electron chi connectivity index (χ3n) is 3.18. The highest BCUT2D eigenvalue weighted by molar-refractivity contribution is 5.98. The Morgan fingerprint density at radius 3 is 2.94 bits per heavy atom. The molecule has 0 saturated carbocycles. The van der Waals surface area contributed by atoms with E-state index in [9.17, 15) is 9.59 Å². The van der Waals surface area contributed by atoms with Gasteiger partial charge in [0.05, 0.1) is 0 Å². The van der Waals surface area contributed by atoms with E-state index >= 15 is 0 Å². The first kappa shape index (κ1) is 11.6. The first-order valence-electron chi connectivity index (χ1n) is 5.75. The van der Waals surface area contributed by atoms with E-state index in [4.69, 9.17) is 5.11 Å². The van der Waals surface area contributed by atoms with Gasteiger partial charge in [-0.1, -0.05) is 6.92 Å². The number of benzene rings is 1. The van der Waals surface area contributed by atoms with Crippen LogP contribution in [0.15, 0.2) is 18.2 Å². The van der Waals surface area contributed by atoms with Gasteiger partial charge in [0.15, 0.2) is 5.78 Å². The molecule has 2 rings (SSSR count). The van der Waals surface area contributed by atoms with E-state index in [-0.39, 0.29) is 5.78 Å². The van der Waals surface area contributed by atoms with Crippen LogP contribution in [-0.4, -0.2) is 17.0 Å². The van der Waals surface area contributed by atoms with E-state index < -0.39 is 6.09 Å². The molecule has 1 aliphatic rings. The average molecular weight is 233 g/mol. The fraction of sp³-hybridized carbons (Fsp3) is 0.385. The highest BCUT2D eigenvalue weighted by Gasteiger charge is 2.20. The van der Waals surface area contributed by atoms with E-state index in [0.717, 1.165) is 24.0 Å². The molecule has 0 radical (unpaired) electrons. The molecule has 0 saturated heterocycles. The Kier molecular flexibility index (Phi) is 3.13.